The minimum Gasteiger partial charge on any atom is -0.361 e. The van der Waals surface area contributed by atoms with Crippen molar-refractivity contribution in [1.82, 2.24) is 19.3 Å². The van der Waals surface area contributed by atoms with E-state index in [4.69, 9.17) is 4.52 Å². The molecule has 0 spiro atoms. The SMILES string of the molecule is Cc1cc(Cn2c(=O)n(C)c3ncc(-c4cccc(C(F)(F)F)c4)cc32)no1. The first-order valence-corrected chi connectivity index (χ1v) is 8.39. The topological polar surface area (TPSA) is 65.8 Å². The average Bonchev–Trinajstić information content (AvgIpc) is 3.18. The summed E-state index contributed by atoms with van der Waals surface area (Å²) in [4.78, 5) is 16.9. The van der Waals surface area contributed by atoms with Crippen LogP contribution in [0.4, 0.5) is 13.2 Å². The van der Waals surface area contributed by atoms with Gasteiger partial charge in [0.15, 0.2) is 5.65 Å². The van der Waals surface area contributed by atoms with Gasteiger partial charge < -0.3 is 4.52 Å². The predicted molar refractivity (Wildman–Crippen MR) is 95.8 cm³/mol. The van der Waals surface area contributed by atoms with Gasteiger partial charge in [0.05, 0.1) is 17.6 Å². The number of nitrogens with zero attached hydrogens (tertiary/aromatic N) is 4. The summed E-state index contributed by atoms with van der Waals surface area (Å²) in [6.45, 7) is 1.91. The number of halogens is 3. The highest BCUT2D eigenvalue weighted by molar-refractivity contribution is 5.79. The Morgan fingerprint density at radius 2 is 1.93 bits per heavy atom. The van der Waals surface area contributed by atoms with Crippen molar-refractivity contribution in [2.75, 3.05) is 0 Å². The Balaban J connectivity index is 1.85. The average molecular weight is 388 g/mol. The van der Waals surface area contributed by atoms with Crippen LogP contribution in [-0.4, -0.2) is 19.3 Å². The van der Waals surface area contributed by atoms with Crippen LogP contribution in [-0.2, 0) is 19.8 Å². The second-order valence-electron chi connectivity index (χ2n) is 6.50. The number of hydrogen-bond donors (Lipinski definition) is 0. The Hall–Kier alpha value is -3.36. The lowest BCUT2D eigenvalue weighted by atomic mass is 10.0. The molecule has 3 aromatic heterocycles. The lowest BCUT2D eigenvalue weighted by Crippen LogP contribution is -2.22. The van der Waals surface area contributed by atoms with E-state index < -0.39 is 11.7 Å². The highest BCUT2D eigenvalue weighted by atomic mass is 19.4. The van der Waals surface area contributed by atoms with E-state index in [0.717, 1.165) is 12.1 Å². The van der Waals surface area contributed by atoms with Crippen LogP contribution in [0.15, 0.2) is 51.9 Å². The van der Waals surface area contributed by atoms with Gasteiger partial charge in [0.25, 0.3) is 0 Å². The van der Waals surface area contributed by atoms with Gasteiger partial charge in [-0.05, 0) is 30.7 Å². The Labute approximate surface area is 156 Å². The number of rotatable bonds is 3. The Kier molecular flexibility index (Phi) is 4.10. The molecule has 0 aliphatic heterocycles. The minimum absolute atomic E-state index is 0.168. The zero-order chi connectivity index (χ0) is 20.1. The summed E-state index contributed by atoms with van der Waals surface area (Å²) >= 11 is 0. The van der Waals surface area contributed by atoms with Gasteiger partial charge in [0.1, 0.15) is 11.5 Å². The Morgan fingerprint density at radius 1 is 1.14 bits per heavy atom. The minimum atomic E-state index is -4.44. The molecule has 9 heteroatoms. The molecular formula is C19H15F3N4O2. The first-order chi connectivity index (χ1) is 13.2. The molecule has 4 aromatic rings. The third-order valence-corrected chi connectivity index (χ3v) is 4.49. The summed E-state index contributed by atoms with van der Waals surface area (Å²) in [6, 6.07) is 8.38. The van der Waals surface area contributed by atoms with E-state index in [2.05, 4.69) is 10.1 Å². The smallest absolute Gasteiger partial charge is 0.361 e. The lowest BCUT2D eigenvalue weighted by Gasteiger charge is -2.09. The van der Waals surface area contributed by atoms with E-state index in [-0.39, 0.29) is 12.2 Å². The van der Waals surface area contributed by atoms with Crippen LogP contribution >= 0.6 is 0 Å². The van der Waals surface area contributed by atoms with Crippen molar-refractivity contribution in [3.63, 3.8) is 0 Å². The molecule has 4 rings (SSSR count). The Morgan fingerprint density at radius 3 is 2.61 bits per heavy atom. The third kappa shape index (κ3) is 3.08. The second kappa shape index (κ2) is 6.36. The molecule has 0 saturated carbocycles. The van der Waals surface area contributed by atoms with Crippen molar-refractivity contribution in [3.05, 3.63) is 70.1 Å². The molecule has 1 aromatic carbocycles. The van der Waals surface area contributed by atoms with Gasteiger partial charge in [0.2, 0.25) is 0 Å². The van der Waals surface area contributed by atoms with Crippen molar-refractivity contribution in [3.8, 4) is 11.1 Å². The van der Waals surface area contributed by atoms with Crippen LogP contribution in [0.25, 0.3) is 22.3 Å². The van der Waals surface area contributed by atoms with E-state index >= 15 is 0 Å². The standard InChI is InChI=1S/C19H15F3N4O2/c1-11-6-15(24-28-11)10-26-16-8-13(9-23-17(16)25(2)18(26)27)12-4-3-5-14(7-12)19(20,21)22/h3-9H,10H2,1-2H3. The summed E-state index contributed by atoms with van der Waals surface area (Å²) in [6.07, 6.45) is -2.98. The van der Waals surface area contributed by atoms with Gasteiger partial charge in [-0.3, -0.25) is 9.13 Å². The molecule has 3 heterocycles. The van der Waals surface area contributed by atoms with Crippen molar-refractivity contribution in [1.29, 1.82) is 0 Å². The second-order valence-corrected chi connectivity index (χ2v) is 6.50. The van der Waals surface area contributed by atoms with Crippen LogP contribution < -0.4 is 5.69 Å². The summed E-state index contributed by atoms with van der Waals surface area (Å²) in [7, 11) is 1.59. The van der Waals surface area contributed by atoms with Gasteiger partial charge in [0, 0.05) is 24.9 Å². The molecule has 0 aliphatic rings. The Bertz CT molecular complexity index is 1230. The largest absolute Gasteiger partial charge is 0.416 e. The third-order valence-electron chi connectivity index (χ3n) is 4.49. The predicted octanol–water partition coefficient (Wildman–Crippen LogP) is 3.77. The fourth-order valence-electron chi connectivity index (χ4n) is 3.12. The monoisotopic (exact) mass is 388 g/mol. The fraction of sp³-hybridized carbons (Fsp3) is 0.211. The molecule has 0 amide bonds. The van der Waals surface area contributed by atoms with Crippen molar-refractivity contribution in [2.45, 2.75) is 19.6 Å². The van der Waals surface area contributed by atoms with Gasteiger partial charge in [-0.2, -0.15) is 13.2 Å². The number of fused-ring (bicyclic) bond motifs is 1. The summed E-state index contributed by atoms with van der Waals surface area (Å²) in [5, 5.41) is 3.90. The van der Waals surface area contributed by atoms with E-state index in [9.17, 15) is 18.0 Å². The summed E-state index contributed by atoms with van der Waals surface area (Å²) in [5.41, 5.74) is 1.30. The molecule has 0 bridgehead atoms. The quantitative estimate of drug-likeness (QED) is 0.536. The van der Waals surface area contributed by atoms with Gasteiger partial charge in [-0.25, -0.2) is 9.78 Å². The van der Waals surface area contributed by atoms with E-state index in [0.29, 0.717) is 33.7 Å². The number of hydrogen-bond acceptors (Lipinski definition) is 4. The van der Waals surface area contributed by atoms with Crippen molar-refractivity contribution < 1.29 is 17.7 Å². The molecule has 0 N–H and O–H groups in total. The highest BCUT2D eigenvalue weighted by Crippen LogP contribution is 2.32. The van der Waals surface area contributed by atoms with Crippen LogP contribution in [0.1, 0.15) is 17.0 Å². The van der Waals surface area contributed by atoms with Gasteiger partial charge >= 0.3 is 11.9 Å². The first-order valence-electron chi connectivity index (χ1n) is 8.39. The fourth-order valence-corrected chi connectivity index (χ4v) is 3.12. The number of alkyl halides is 3. The molecule has 0 atom stereocenters. The van der Waals surface area contributed by atoms with Crippen LogP contribution in [0.3, 0.4) is 0 Å². The molecule has 0 unspecified atom stereocenters. The van der Waals surface area contributed by atoms with E-state index in [1.165, 1.54) is 21.4 Å². The first kappa shape index (κ1) is 18.0. The molecular weight excluding hydrogens is 373 g/mol. The molecule has 6 nitrogen and oxygen atoms in total. The maximum atomic E-state index is 13.0. The number of aryl methyl sites for hydroxylation is 2. The lowest BCUT2D eigenvalue weighted by molar-refractivity contribution is -0.137. The van der Waals surface area contributed by atoms with E-state index in [1.54, 1.807) is 32.2 Å². The number of aromatic nitrogens is 4. The number of pyridine rings is 1. The van der Waals surface area contributed by atoms with Crippen LogP contribution in [0.5, 0.6) is 0 Å². The molecule has 144 valence electrons. The molecule has 0 saturated heterocycles. The van der Waals surface area contributed by atoms with Gasteiger partial charge in [-0.1, -0.05) is 17.3 Å². The van der Waals surface area contributed by atoms with Crippen molar-refractivity contribution >= 4 is 11.2 Å². The maximum absolute atomic E-state index is 13.0. The molecule has 28 heavy (non-hydrogen) atoms. The van der Waals surface area contributed by atoms with Crippen LogP contribution in [0.2, 0.25) is 0 Å². The molecule has 0 aliphatic carbocycles. The van der Waals surface area contributed by atoms with Crippen molar-refractivity contribution in [2.24, 2.45) is 7.05 Å². The summed E-state index contributed by atoms with van der Waals surface area (Å²) < 4.78 is 47.0. The molecule has 0 fully saturated rings. The maximum Gasteiger partial charge on any atom is 0.416 e. The molecule has 0 radical (unpaired) electrons. The summed E-state index contributed by atoms with van der Waals surface area (Å²) in [5.74, 6) is 0.617. The van der Waals surface area contributed by atoms with E-state index in [1.807, 2.05) is 0 Å². The van der Waals surface area contributed by atoms with Crippen LogP contribution in [0, 0.1) is 6.92 Å². The zero-order valence-corrected chi connectivity index (χ0v) is 15.0. The van der Waals surface area contributed by atoms with Gasteiger partial charge in [-0.15, -0.1) is 0 Å². The number of benzene rings is 1. The normalized spacial score (nSPS) is 12.0. The number of imidazole rings is 1. The zero-order valence-electron chi connectivity index (χ0n) is 15.0. The highest BCUT2D eigenvalue weighted by Gasteiger charge is 2.30.